The summed E-state index contributed by atoms with van der Waals surface area (Å²) in [5.74, 6) is 0.704. The van der Waals surface area contributed by atoms with Crippen LogP contribution in [-0.4, -0.2) is 15.7 Å². The van der Waals surface area contributed by atoms with Crippen molar-refractivity contribution in [2.75, 3.05) is 5.73 Å². The van der Waals surface area contributed by atoms with Gasteiger partial charge in [-0.15, -0.1) is 0 Å². The maximum atomic E-state index is 6.24. The summed E-state index contributed by atoms with van der Waals surface area (Å²) < 4.78 is 7.72. The lowest BCUT2D eigenvalue weighted by molar-refractivity contribution is 0.244. The first kappa shape index (κ1) is 12.5. The van der Waals surface area contributed by atoms with Crippen molar-refractivity contribution in [3.05, 3.63) is 48.8 Å². The summed E-state index contributed by atoms with van der Waals surface area (Å²) in [7, 11) is 0. The minimum atomic E-state index is 0.0899. The number of para-hydroxylation sites is 3. The van der Waals surface area contributed by atoms with Crippen molar-refractivity contribution in [1.29, 1.82) is 0 Å². The van der Waals surface area contributed by atoms with E-state index >= 15 is 0 Å². The van der Waals surface area contributed by atoms with E-state index in [-0.39, 0.29) is 6.10 Å². The summed E-state index contributed by atoms with van der Waals surface area (Å²) in [6, 6.07) is 13.8. The molecule has 0 radical (unpaired) electrons. The predicted octanol–water partition coefficient (Wildman–Crippen LogP) is 3.39. The molecule has 4 nitrogen and oxygen atoms in total. The van der Waals surface area contributed by atoms with Gasteiger partial charge in [0.1, 0.15) is 12.1 Å². The fraction of sp³-hybridized carbons (Fsp3) is 0.188. The number of imidazole rings is 1. The zero-order valence-corrected chi connectivity index (χ0v) is 11.6. The molecule has 4 heteroatoms. The van der Waals surface area contributed by atoms with Crippen molar-refractivity contribution < 1.29 is 4.74 Å². The summed E-state index contributed by atoms with van der Waals surface area (Å²) in [6.07, 6.45) is 1.88. The van der Waals surface area contributed by atoms with Crippen LogP contribution in [0.25, 0.3) is 16.7 Å². The van der Waals surface area contributed by atoms with Crippen LogP contribution in [0.2, 0.25) is 0 Å². The lowest BCUT2D eigenvalue weighted by atomic mass is 10.2. The number of nitrogens with zero attached hydrogens (tertiary/aromatic N) is 2. The lowest BCUT2D eigenvalue weighted by Gasteiger charge is -2.15. The molecule has 0 bridgehead atoms. The van der Waals surface area contributed by atoms with Crippen LogP contribution in [0.15, 0.2) is 48.8 Å². The first-order valence-corrected chi connectivity index (χ1v) is 6.64. The van der Waals surface area contributed by atoms with E-state index in [1.165, 1.54) is 0 Å². The zero-order valence-electron chi connectivity index (χ0n) is 11.6. The number of hydrogen-bond acceptors (Lipinski definition) is 3. The van der Waals surface area contributed by atoms with E-state index in [2.05, 4.69) is 4.98 Å². The number of aromatic nitrogens is 2. The van der Waals surface area contributed by atoms with Crippen molar-refractivity contribution in [3.63, 3.8) is 0 Å². The van der Waals surface area contributed by atoms with Crippen molar-refractivity contribution in [3.8, 4) is 11.4 Å². The van der Waals surface area contributed by atoms with Gasteiger partial charge in [0.15, 0.2) is 0 Å². The van der Waals surface area contributed by atoms with Crippen LogP contribution >= 0.6 is 0 Å². The normalized spacial score (nSPS) is 11.2. The van der Waals surface area contributed by atoms with Crippen molar-refractivity contribution in [2.45, 2.75) is 20.0 Å². The van der Waals surface area contributed by atoms with Gasteiger partial charge < -0.3 is 10.5 Å². The van der Waals surface area contributed by atoms with E-state index in [0.29, 0.717) is 11.4 Å². The van der Waals surface area contributed by atoms with Gasteiger partial charge >= 0.3 is 0 Å². The number of nitrogens with two attached hydrogens (primary N) is 1. The van der Waals surface area contributed by atoms with Gasteiger partial charge in [-0.05, 0) is 38.1 Å². The molecule has 1 aromatic heterocycles. The van der Waals surface area contributed by atoms with Crippen LogP contribution in [0.1, 0.15) is 13.8 Å². The SMILES string of the molecule is CC(C)Oc1cccc(-n2cnc3ccccc32)c1N. The quantitative estimate of drug-likeness (QED) is 0.740. The van der Waals surface area contributed by atoms with Gasteiger partial charge in [0.25, 0.3) is 0 Å². The average molecular weight is 267 g/mol. The minimum absolute atomic E-state index is 0.0899. The maximum absolute atomic E-state index is 6.24. The summed E-state index contributed by atoms with van der Waals surface area (Å²) in [6.45, 7) is 3.97. The predicted molar refractivity (Wildman–Crippen MR) is 81.2 cm³/mol. The van der Waals surface area contributed by atoms with Crippen LogP contribution in [0.4, 0.5) is 5.69 Å². The molecule has 2 N–H and O–H groups in total. The first-order valence-electron chi connectivity index (χ1n) is 6.64. The van der Waals surface area contributed by atoms with Crippen LogP contribution in [0.3, 0.4) is 0 Å². The Balaban J connectivity index is 2.15. The molecule has 0 fully saturated rings. The molecule has 0 spiro atoms. The Morgan fingerprint density at radius 1 is 1.10 bits per heavy atom. The molecule has 1 heterocycles. The van der Waals surface area contributed by atoms with Gasteiger partial charge in [0.05, 0.1) is 28.5 Å². The Morgan fingerprint density at radius 3 is 2.70 bits per heavy atom. The van der Waals surface area contributed by atoms with Gasteiger partial charge in [0, 0.05) is 0 Å². The second-order valence-corrected chi connectivity index (χ2v) is 4.96. The van der Waals surface area contributed by atoms with E-state index in [4.69, 9.17) is 10.5 Å². The van der Waals surface area contributed by atoms with Gasteiger partial charge in [-0.3, -0.25) is 4.57 Å². The molecule has 0 saturated heterocycles. The molecule has 0 atom stereocenters. The van der Waals surface area contributed by atoms with E-state index in [1.807, 2.05) is 60.9 Å². The molecular weight excluding hydrogens is 250 g/mol. The van der Waals surface area contributed by atoms with Crippen molar-refractivity contribution >= 4 is 16.7 Å². The molecular formula is C16H17N3O. The van der Waals surface area contributed by atoms with Crippen molar-refractivity contribution in [2.24, 2.45) is 0 Å². The summed E-state index contributed by atoms with van der Waals surface area (Å²) in [4.78, 5) is 4.39. The third-order valence-electron chi connectivity index (χ3n) is 3.12. The molecule has 0 saturated carbocycles. The van der Waals surface area contributed by atoms with E-state index in [0.717, 1.165) is 16.7 Å². The Hall–Kier alpha value is -2.49. The van der Waals surface area contributed by atoms with Gasteiger partial charge in [-0.2, -0.15) is 0 Å². The number of anilines is 1. The topological polar surface area (TPSA) is 53.1 Å². The number of ether oxygens (including phenoxy) is 1. The highest BCUT2D eigenvalue weighted by molar-refractivity contribution is 5.80. The maximum Gasteiger partial charge on any atom is 0.144 e. The smallest absolute Gasteiger partial charge is 0.144 e. The summed E-state index contributed by atoms with van der Waals surface area (Å²) in [5, 5.41) is 0. The molecule has 0 aliphatic heterocycles. The molecule has 102 valence electrons. The standard InChI is InChI=1S/C16H17N3O/c1-11(2)20-15-9-5-8-14(16(15)17)19-10-18-12-6-3-4-7-13(12)19/h3-11H,17H2,1-2H3. The average Bonchev–Trinajstić information content (AvgIpc) is 2.85. The molecule has 20 heavy (non-hydrogen) atoms. The van der Waals surface area contributed by atoms with E-state index in [9.17, 15) is 0 Å². The van der Waals surface area contributed by atoms with Gasteiger partial charge in [0.2, 0.25) is 0 Å². The minimum Gasteiger partial charge on any atom is -0.489 e. The van der Waals surface area contributed by atoms with Crippen LogP contribution < -0.4 is 10.5 Å². The number of benzene rings is 2. The largest absolute Gasteiger partial charge is 0.489 e. The summed E-state index contributed by atoms with van der Waals surface area (Å²) >= 11 is 0. The Labute approximate surface area is 117 Å². The first-order chi connectivity index (χ1) is 9.66. The van der Waals surface area contributed by atoms with E-state index < -0.39 is 0 Å². The molecule has 0 unspecified atom stereocenters. The van der Waals surface area contributed by atoms with Crippen LogP contribution in [0, 0.1) is 0 Å². The van der Waals surface area contributed by atoms with Crippen LogP contribution in [-0.2, 0) is 0 Å². The second kappa shape index (κ2) is 4.89. The molecule has 3 rings (SSSR count). The molecule has 2 aromatic carbocycles. The third kappa shape index (κ3) is 2.09. The second-order valence-electron chi connectivity index (χ2n) is 4.96. The molecule has 0 aliphatic rings. The number of rotatable bonds is 3. The number of hydrogen-bond donors (Lipinski definition) is 1. The fourth-order valence-corrected chi connectivity index (χ4v) is 2.25. The van der Waals surface area contributed by atoms with E-state index in [1.54, 1.807) is 6.33 Å². The Kier molecular flexibility index (Phi) is 3.06. The van der Waals surface area contributed by atoms with Crippen molar-refractivity contribution in [1.82, 2.24) is 9.55 Å². The fourth-order valence-electron chi connectivity index (χ4n) is 2.25. The molecule has 0 amide bonds. The highest BCUT2D eigenvalue weighted by Crippen LogP contribution is 2.30. The van der Waals surface area contributed by atoms with Gasteiger partial charge in [-0.25, -0.2) is 4.98 Å². The van der Waals surface area contributed by atoms with Crippen LogP contribution in [0.5, 0.6) is 5.75 Å². The number of fused-ring (bicyclic) bond motifs is 1. The van der Waals surface area contributed by atoms with Gasteiger partial charge in [-0.1, -0.05) is 18.2 Å². The highest BCUT2D eigenvalue weighted by atomic mass is 16.5. The zero-order chi connectivity index (χ0) is 14.1. The lowest BCUT2D eigenvalue weighted by Crippen LogP contribution is -2.09. The summed E-state index contributed by atoms with van der Waals surface area (Å²) in [5.41, 5.74) is 9.73. The third-order valence-corrected chi connectivity index (χ3v) is 3.12. The Morgan fingerprint density at radius 2 is 1.90 bits per heavy atom. The molecule has 0 aliphatic carbocycles. The highest BCUT2D eigenvalue weighted by Gasteiger charge is 2.11. The number of nitrogen functional groups attached to an aromatic ring is 1. The molecule has 3 aromatic rings. The Bertz CT molecular complexity index is 746. The monoisotopic (exact) mass is 267 g/mol.